The van der Waals surface area contributed by atoms with Gasteiger partial charge in [0, 0.05) is 24.7 Å². The maximum Gasteiger partial charge on any atom is 0.143 e. The Hall–Kier alpha value is -1.58. The van der Waals surface area contributed by atoms with E-state index in [1.807, 2.05) is 6.20 Å². The average Bonchev–Trinajstić information content (AvgIpc) is 2.97. The quantitative estimate of drug-likeness (QED) is 0.839. The summed E-state index contributed by atoms with van der Waals surface area (Å²) in [4.78, 5) is 15.1. The zero-order chi connectivity index (χ0) is 12.8. The average molecular weight is 244 g/mol. The maximum absolute atomic E-state index is 4.82. The maximum atomic E-state index is 4.82. The molecular weight excluding hydrogens is 224 g/mol. The summed E-state index contributed by atoms with van der Waals surface area (Å²) in [6, 6.07) is 2.08. The van der Waals surface area contributed by atoms with E-state index >= 15 is 0 Å². The summed E-state index contributed by atoms with van der Waals surface area (Å²) in [5.41, 5.74) is 0.935. The van der Waals surface area contributed by atoms with E-state index in [2.05, 4.69) is 41.7 Å². The van der Waals surface area contributed by atoms with E-state index in [4.69, 9.17) is 4.98 Å². The Balaban J connectivity index is 2.17. The van der Waals surface area contributed by atoms with Crippen molar-refractivity contribution in [3.63, 3.8) is 0 Å². The van der Waals surface area contributed by atoms with E-state index in [0.29, 0.717) is 0 Å². The molecule has 3 rings (SSSR count). The second-order valence-electron chi connectivity index (χ2n) is 6.05. The van der Waals surface area contributed by atoms with Gasteiger partial charge >= 0.3 is 0 Å². The highest BCUT2D eigenvalue weighted by Crippen LogP contribution is 2.29. The van der Waals surface area contributed by atoms with Crippen LogP contribution in [-0.4, -0.2) is 28.0 Å². The predicted octanol–water partition coefficient (Wildman–Crippen LogP) is 2.86. The first-order valence-corrected chi connectivity index (χ1v) is 6.66. The summed E-state index contributed by atoms with van der Waals surface area (Å²) in [5.74, 6) is 2.02. The number of nitrogens with zero attached hydrogens (tertiary/aromatic N) is 3. The van der Waals surface area contributed by atoms with E-state index in [-0.39, 0.29) is 5.41 Å². The molecule has 0 saturated carbocycles. The monoisotopic (exact) mass is 244 g/mol. The Labute approximate surface area is 107 Å². The lowest BCUT2D eigenvalue weighted by molar-refractivity contribution is 0.547. The number of aromatic nitrogens is 3. The van der Waals surface area contributed by atoms with Crippen LogP contribution in [-0.2, 0) is 5.41 Å². The van der Waals surface area contributed by atoms with Gasteiger partial charge in [0.1, 0.15) is 17.3 Å². The molecule has 0 bridgehead atoms. The standard InChI is InChI=1S/C14H20N4/c1-14(2,3)13-16-11-10(6-7-15-11)12(17-13)18-8-4-5-9-18/h6-7H,4-5,8-9H2,1-3H3,(H,15,16,17). The number of hydrogen-bond donors (Lipinski definition) is 1. The smallest absolute Gasteiger partial charge is 0.143 e. The van der Waals surface area contributed by atoms with Crippen LogP contribution in [0.15, 0.2) is 12.3 Å². The molecule has 3 heterocycles. The number of hydrogen-bond acceptors (Lipinski definition) is 3. The Morgan fingerprint density at radius 3 is 2.56 bits per heavy atom. The van der Waals surface area contributed by atoms with Crippen LogP contribution in [0.4, 0.5) is 5.82 Å². The van der Waals surface area contributed by atoms with Crippen molar-refractivity contribution in [1.82, 2.24) is 15.0 Å². The van der Waals surface area contributed by atoms with Crippen LogP contribution in [0.1, 0.15) is 39.4 Å². The molecule has 0 aromatic carbocycles. The van der Waals surface area contributed by atoms with Gasteiger partial charge in [-0.2, -0.15) is 0 Å². The third-order valence-electron chi connectivity index (χ3n) is 3.47. The first kappa shape index (κ1) is 11.5. The normalized spacial score (nSPS) is 16.7. The molecule has 96 valence electrons. The highest BCUT2D eigenvalue weighted by Gasteiger charge is 2.23. The Morgan fingerprint density at radius 2 is 1.89 bits per heavy atom. The van der Waals surface area contributed by atoms with Crippen LogP contribution in [0.2, 0.25) is 0 Å². The number of anilines is 1. The van der Waals surface area contributed by atoms with Gasteiger partial charge in [0.05, 0.1) is 5.39 Å². The van der Waals surface area contributed by atoms with E-state index in [9.17, 15) is 0 Å². The fourth-order valence-electron chi connectivity index (χ4n) is 2.43. The molecule has 0 spiro atoms. The zero-order valence-electron chi connectivity index (χ0n) is 11.3. The summed E-state index contributed by atoms with van der Waals surface area (Å²) in [7, 11) is 0. The molecule has 1 fully saturated rings. The van der Waals surface area contributed by atoms with Gasteiger partial charge in [0.25, 0.3) is 0 Å². The van der Waals surface area contributed by atoms with Gasteiger partial charge in [-0.3, -0.25) is 0 Å². The molecule has 1 aliphatic heterocycles. The van der Waals surface area contributed by atoms with Crippen molar-refractivity contribution in [2.75, 3.05) is 18.0 Å². The van der Waals surface area contributed by atoms with Crippen molar-refractivity contribution in [3.05, 3.63) is 18.1 Å². The molecule has 0 atom stereocenters. The van der Waals surface area contributed by atoms with Gasteiger partial charge < -0.3 is 9.88 Å². The van der Waals surface area contributed by atoms with Crippen molar-refractivity contribution in [1.29, 1.82) is 0 Å². The lowest BCUT2D eigenvalue weighted by Crippen LogP contribution is -2.23. The molecular formula is C14H20N4. The van der Waals surface area contributed by atoms with Crippen molar-refractivity contribution in [2.24, 2.45) is 0 Å². The largest absolute Gasteiger partial charge is 0.356 e. The summed E-state index contributed by atoms with van der Waals surface area (Å²) in [6.07, 6.45) is 4.48. The molecule has 1 N–H and O–H groups in total. The second kappa shape index (κ2) is 3.97. The Morgan fingerprint density at radius 1 is 1.17 bits per heavy atom. The molecule has 18 heavy (non-hydrogen) atoms. The predicted molar refractivity (Wildman–Crippen MR) is 74.0 cm³/mol. The Bertz CT molecular complexity index is 559. The zero-order valence-corrected chi connectivity index (χ0v) is 11.3. The fraction of sp³-hybridized carbons (Fsp3) is 0.571. The molecule has 4 heteroatoms. The van der Waals surface area contributed by atoms with Crippen LogP contribution in [0.3, 0.4) is 0 Å². The van der Waals surface area contributed by atoms with Crippen molar-refractivity contribution in [3.8, 4) is 0 Å². The van der Waals surface area contributed by atoms with Gasteiger partial charge in [0.15, 0.2) is 0 Å². The van der Waals surface area contributed by atoms with Crippen molar-refractivity contribution in [2.45, 2.75) is 39.0 Å². The first-order chi connectivity index (χ1) is 8.55. The minimum atomic E-state index is -0.0201. The van der Waals surface area contributed by atoms with Gasteiger partial charge in [-0.25, -0.2) is 9.97 Å². The lowest BCUT2D eigenvalue weighted by Gasteiger charge is -2.22. The lowest BCUT2D eigenvalue weighted by atomic mass is 9.95. The van der Waals surface area contributed by atoms with E-state index in [1.54, 1.807) is 0 Å². The van der Waals surface area contributed by atoms with E-state index in [0.717, 1.165) is 35.8 Å². The molecule has 1 saturated heterocycles. The number of H-pyrrole nitrogens is 1. The van der Waals surface area contributed by atoms with Crippen molar-refractivity contribution >= 4 is 16.9 Å². The highest BCUT2D eigenvalue weighted by molar-refractivity contribution is 5.87. The molecule has 0 amide bonds. The molecule has 2 aromatic rings. The van der Waals surface area contributed by atoms with Crippen molar-refractivity contribution < 1.29 is 0 Å². The second-order valence-corrected chi connectivity index (χ2v) is 6.05. The summed E-state index contributed by atoms with van der Waals surface area (Å²) < 4.78 is 0. The van der Waals surface area contributed by atoms with Crippen LogP contribution < -0.4 is 4.90 Å². The van der Waals surface area contributed by atoms with Gasteiger partial charge in [-0.15, -0.1) is 0 Å². The minimum Gasteiger partial charge on any atom is -0.356 e. The molecule has 1 aliphatic rings. The topological polar surface area (TPSA) is 44.8 Å². The van der Waals surface area contributed by atoms with Gasteiger partial charge in [-0.1, -0.05) is 20.8 Å². The number of aromatic amines is 1. The molecule has 4 nitrogen and oxygen atoms in total. The van der Waals surface area contributed by atoms with Crippen LogP contribution >= 0.6 is 0 Å². The number of fused-ring (bicyclic) bond motifs is 1. The van der Waals surface area contributed by atoms with Gasteiger partial charge in [0.2, 0.25) is 0 Å². The number of rotatable bonds is 1. The SMILES string of the molecule is CC(C)(C)c1nc(N2CCCC2)c2cc[nH]c2n1. The van der Waals surface area contributed by atoms with Crippen LogP contribution in [0.5, 0.6) is 0 Å². The summed E-state index contributed by atoms with van der Waals surface area (Å²) >= 11 is 0. The van der Waals surface area contributed by atoms with E-state index < -0.39 is 0 Å². The van der Waals surface area contributed by atoms with Crippen LogP contribution in [0, 0.1) is 0 Å². The Kier molecular flexibility index (Phi) is 2.54. The minimum absolute atomic E-state index is 0.0201. The van der Waals surface area contributed by atoms with Crippen LogP contribution in [0.25, 0.3) is 11.0 Å². The summed E-state index contributed by atoms with van der Waals surface area (Å²) in [6.45, 7) is 8.70. The molecule has 0 aliphatic carbocycles. The first-order valence-electron chi connectivity index (χ1n) is 6.66. The molecule has 2 aromatic heterocycles. The number of nitrogens with one attached hydrogen (secondary N) is 1. The summed E-state index contributed by atoms with van der Waals surface area (Å²) in [5, 5.41) is 1.14. The van der Waals surface area contributed by atoms with E-state index in [1.165, 1.54) is 12.8 Å². The third kappa shape index (κ3) is 1.85. The van der Waals surface area contributed by atoms with Gasteiger partial charge in [-0.05, 0) is 18.9 Å². The molecule has 0 radical (unpaired) electrons. The highest BCUT2D eigenvalue weighted by atomic mass is 15.2. The molecule has 0 unspecified atom stereocenters. The fourth-order valence-corrected chi connectivity index (χ4v) is 2.43. The third-order valence-corrected chi connectivity index (χ3v) is 3.47.